The van der Waals surface area contributed by atoms with Crippen LogP contribution in [0.3, 0.4) is 0 Å². The summed E-state index contributed by atoms with van der Waals surface area (Å²) in [5.74, 6) is 0.943. The predicted molar refractivity (Wildman–Crippen MR) is 135 cm³/mol. The standard InChI is InChI=1S/C22H26Cl2N4O.HI/c1-15(18-8-9-19(23)20(24)12-18)27-22(25-2)26-13-16-5-3-6-17(11-16)14-28-10-4-7-21(28)29;/h3,5-6,8-9,11-12,15H,4,7,10,13-14H2,1-2H3,(H2,25,26,27);1H. The maximum atomic E-state index is 11.9. The van der Waals surface area contributed by atoms with Gasteiger partial charge in [0.25, 0.3) is 0 Å². The summed E-state index contributed by atoms with van der Waals surface area (Å²) in [5.41, 5.74) is 3.31. The molecule has 1 saturated heterocycles. The normalized spacial score (nSPS) is 15.0. The maximum absolute atomic E-state index is 11.9. The van der Waals surface area contributed by atoms with Gasteiger partial charge in [-0.25, -0.2) is 0 Å². The highest BCUT2D eigenvalue weighted by Gasteiger charge is 2.20. The van der Waals surface area contributed by atoms with Crippen LogP contribution in [-0.2, 0) is 17.9 Å². The lowest BCUT2D eigenvalue weighted by Gasteiger charge is -2.19. The average Bonchev–Trinajstić information content (AvgIpc) is 3.11. The van der Waals surface area contributed by atoms with E-state index in [9.17, 15) is 4.79 Å². The van der Waals surface area contributed by atoms with Gasteiger partial charge in [-0.2, -0.15) is 0 Å². The molecule has 1 aliphatic heterocycles. The first-order valence-electron chi connectivity index (χ1n) is 9.74. The fourth-order valence-electron chi connectivity index (χ4n) is 3.38. The van der Waals surface area contributed by atoms with Crippen LogP contribution in [0, 0.1) is 0 Å². The van der Waals surface area contributed by atoms with Crippen molar-refractivity contribution in [2.24, 2.45) is 4.99 Å². The van der Waals surface area contributed by atoms with Crippen LogP contribution in [0.4, 0.5) is 0 Å². The zero-order chi connectivity index (χ0) is 20.8. The number of carbonyl (C=O) groups is 1. The maximum Gasteiger partial charge on any atom is 0.222 e. The Hall–Kier alpha value is -1.51. The van der Waals surface area contributed by atoms with Crippen molar-refractivity contribution in [2.75, 3.05) is 13.6 Å². The second-order valence-corrected chi connectivity index (χ2v) is 8.02. The molecule has 5 nitrogen and oxygen atoms in total. The second-order valence-electron chi connectivity index (χ2n) is 7.20. The zero-order valence-electron chi connectivity index (χ0n) is 17.1. The van der Waals surface area contributed by atoms with Crippen molar-refractivity contribution in [3.8, 4) is 0 Å². The minimum absolute atomic E-state index is 0. The molecule has 0 bridgehead atoms. The van der Waals surface area contributed by atoms with Gasteiger partial charge in [-0.3, -0.25) is 9.79 Å². The molecular weight excluding hydrogens is 534 g/mol. The molecule has 1 unspecified atom stereocenters. The molecule has 162 valence electrons. The van der Waals surface area contributed by atoms with E-state index in [0.29, 0.717) is 35.5 Å². The summed E-state index contributed by atoms with van der Waals surface area (Å²) in [6.07, 6.45) is 1.62. The van der Waals surface area contributed by atoms with Crippen molar-refractivity contribution in [3.63, 3.8) is 0 Å². The predicted octanol–water partition coefficient (Wildman–Crippen LogP) is 5.16. The average molecular weight is 561 g/mol. The summed E-state index contributed by atoms with van der Waals surface area (Å²) in [6.45, 7) is 4.20. The van der Waals surface area contributed by atoms with Crippen molar-refractivity contribution < 1.29 is 4.79 Å². The van der Waals surface area contributed by atoms with Crippen molar-refractivity contribution in [2.45, 2.75) is 38.9 Å². The van der Waals surface area contributed by atoms with Crippen molar-refractivity contribution >= 4 is 59.0 Å². The van der Waals surface area contributed by atoms with Crippen LogP contribution >= 0.6 is 47.2 Å². The molecule has 1 fully saturated rings. The molecule has 1 aliphatic rings. The number of carbonyl (C=O) groups excluding carboxylic acids is 1. The van der Waals surface area contributed by atoms with Gasteiger partial charge in [0, 0.05) is 33.1 Å². The largest absolute Gasteiger partial charge is 0.352 e. The van der Waals surface area contributed by atoms with E-state index in [4.69, 9.17) is 23.2 Å². The number of halogens is 3. The molecule has 2 aromatic rings. The van der Waals surface area contributed by atoms with E-state index in [1.54, 1.807) is 13.1 Å². The highest BCUT2D eigenvalue weighted by Crippen LogP contribution is 2.25. The molecule has 30 heavy (non-hydrogen) atoms. The number of amides is 1. The van der Waals surface area contributed by atoms with Gasteiger partial charge in [0.15, 0.2) is 5.96 Å². The number of rotatable bonds is 6. The van der Waals surface area contributed by atoms with Gasteiger partial charge in [-0.05, 0) is 42.2 Å². The Labute approximate surface area is 205 Å². The summed E-state index contributed by atoms with van der Waals surface area (Å²) in [4.78, 5) is 18.1. The number of hydrogen-bond acceptors (Lipinski definition) is 2. The Kier molecular flexibility index (Phi) is 9.71. The third kappa shape index (κ3) is 6.75. The van der Waals surface area contributed by atoms with E-state index >= 15 is 0 Å². The van der Waals surface area contributed by atoms with Crippen molar-refractivity contribution in [1.29, 1.82) is 0 Å². The van der Waals surface area contributed by atoms with Crippen LogP contribution in [0.5, 0.6) is 0 Å². The first kappa shape index (κ1) is 24.8. The molecule has 1 heterocycles. The van der Waals surface area contributed by atoms with Gasteiger partial charge < -0.3 is 15.5 Å². The molecule has 0 spiro atoms. The molecule has 2 N–H and O–H groups in total. The lowest BCUT2D eigenvalue weighted by atomic mass is 10.1. The zero-order valence-corrected chi connectivity index (χ0v) is 21.0. The highest BCUT2D eigenvalue weighted by atomic mass is 127. The number of nitrogens with zero attached hydrogens (tertiary/aromatic N) is 2. The molecule has 0 radical (unpaired) electrons. The summed E-state index contributed by atoms with van der Waals surface area (Å²) in [7, 11) is 1.74. The third-order valence-corrected chi connectivity index (χ3v) is 5.76. The Morgan fingerprint density at radius 1 is 1.17 bits per heavy atom. The van der Waals surface area contributed by atoms with Crippen LogP contribution < -0.4 is 10.6 Å². The number of guanidine groups is 1. The Morgan fingerprint density at radius 2 is 1.93 bits per heavy atom. The van der Waals surface area contributed by atoms with E-state index in [1.807, 2.05) is 30.0 Å². The highest BCUT2D eigenvalue weighted by molar-refractivity contribution is 14.0. The van der Waals surface area contributed by atoms with Crippen LogP contribution in [0.2, 0.25) is 10.0 Å². The minimum Gasteiger partial charge on any atom is -0.352 e. The van der Waals surface area contributed by atoms with E-state index in [1.165, 1.54) is 0 Å². The fraction of sp³-hybridized carbons (Fsp3) is 0.364. The summed E-state index contributed by atoms with van der Waals surface area (Å²) in [5, 5.41) is 7.78. The molecule has 1 amide bonds. The molecule has 3 rings (SSSR count). The summed E-state index contributed by atoms with van der Waals surface area (Å²) >= 11 is 12.1. The molecule has 0 aliphatic carbocycles. The van der Waals surface area contributed by atoms with Crippen LogP contribution in [0.25, 0.3) is 0 Å². The van der Waals surface area contributed by atoms with E-state index < -0.39 is 0 Å². The first-order valence-corrected chi connectivity index (χ1v) is 10.5. The molecule has 8 heteroatoms. The van der Waals surface area contributed by atoms with Gasteiger partial charge in [-0.1, -0.05) is 53.5 Å². The molecule has 0 saturated carbocycles. The lowest BCUT2D eigenvalue weighted by Crippen LogP contribution is -2.38. The summed E-state index contributed by atoms with van der Waals surface area (Å²) < 4.78 is 0. The second kappa shape index (κ2) is 11.8. The third-order valence-electron chi connectivity index (χ3n) is 5.02. The van der Waals surface area contributed by atoms with E-state index in [-0.39, 0.29) is 35.9 Å². The Morgan fingerprint density at radius 3 is 2.60 bits per heavy atom. The Balaban J connectivity index is 0.00000320. The van der Waals surface area contributed by atoms with Crippen molar-refractivity contribution in [1.82, 2.24) is 15.5 Å². The number of hydrogen-bond donors (Lipinski definition) is 2. The molecular formula is C22H27Cl2IN4O. The quantitative estimate of drug-likeness (QED) is 0.291. The number of benzene rings is 2. The smallest absolute Gasteiger partial charge is 0.222 e. The van der Waals surface area contributed by atoms with Gasteiger partial charge >= 0.3 is 0 Å². The number of likely N-dealkylation sites (tertiary alicyclic amines) is 1. The van der Waals surface area contributed by atoms with Crippen LogP contribution in [0.1, 0.15) is 42.5 Å². The number of nitrogens with one attached hydrogen (secondary N) is 2. The molecule has 1 atom stereocenters. The first-order chi connectivity index (χ1) is 14.0. The number of aliphatic imine (C=N–C) groups is 1. The molecule has 0 aromatic heterocycles. The van der Waals surface area contributed by atoms with E-state index in [2.05, 4.69) is 33.8 Å². The lowest BCUT2D eigenvalue weighted by molar-refractivity contribution is -0.128. The van der Waals surface area contributed by atoms with Gasteiger partial charge in [0.2, 0.25) is 5.91 Å². The summed E-state index contributed by atoms with van der Waals surface area (Å²) in [6, 6.07) is 13.9. The monoisotopic (exact) mass is 560 g/mol. The fourth-order valence-corrected chi connectivity index (χ4v) is 3.69. The van der Waals surface area contributed by atoms with Crippen molar-refractivity contribution in [3.05, 3.63) is 69.2 Å². The van der Waals surface area contributed by atoms with Gasteiger partial charge in [0.1, 0.15) is 0 Å². The van der Waals surface area contributed by atoms with Gasteiger partial charge in [0.05, 0.1) is 16.1 Å². The molecule has 2 aromatic carbocycles. The minimum atomic E-state index is 0. The van der Waals surface area contributed by atoms with Crippen LogP contribution in [-0.4, -0.2) is 30.4 Å². The SMILES string of the molecule is CN=C(NCc1cccc(CN2CCCC2=O)c1)NC(C)c1ccc(Cl)c(Cl)c1.I. The Bertz CT molecular complexity index is 906. The van der Waals surface area contributed by atoms with Gasteiger partial charge in [-0.15, -0.1) is 24.0 Å². The topological polar surface area (TPSA) is 56.7 Å². The van der Waals surface area contributed by atoms with Crippen LogP contribution in [0.15, 0.2) is 47.5 Å². The van der Waals surface area contributed by atoms with E-state index in [0.717, 1.165) is 29.7 Å².